The molecule has 0 radical (unpaired) electrons. The van der Waals surface area contributed by atoms with Gasteiger partial charge in [-0.2, -0.15) is 0 Å². The first kappa shape index (κ1) is 19.8. The van der Waals surface area contributed by atoms with E-state index < -0.39 is 17.7 Å². The molecule has 0 spiro atoms. The van der Waals surface area contributed by atoms with Gasteiger partial charge in [0.25, 0.3) is 0 Å². The maximum absolute atomic E-state index is 14.1. The maximum atomic E-state index is 14.1. The van der Waals surface area contributed by atoms with Crippen LogP contribution in [0, 0.1) is 11.6 Å². The summed E-state index contributed by atoms with van der Waals surface area (Å²) < 4.78 is 33.5. The number of aromatic nitrogens is 1. The summed E-state index contributed by atoms with van der Waals surface area (Å²) in [6.07, 6.45) is 1.93. The quantitative estimate of drug-likeness (QED) is 0.653. The van der Waals surface area contributed by atoms with E-state index in [-0.39, 0.29) is 24.4 Å². The largest absolute Gasteiger partial charge is 0.497 e. The van der Waals surface area contributed by atoms with E-state index in [1.165, 1.54) is 18.2 Å². The fourth-order valence-corrected chi connectivity index (χ4v) is 3.25. The Labute approximate surface area is 162 Å². The third-order valence-corrected chi connectivity index (χ3v) is 4.77. The average molecular weight is 387 g/mol. The summed E-state index contributed by atoms with van der Waals surface area (Å²) in [6, 6.07) is 8.74. The third-order valence-electron chi connectivity index (χ3n) is 4.77. The predicted molar refractivity (Wildman–Crippen MR) is 104 cm³/mol. The Morgan fingerprint density at radius 3 is 2.57 bits per heavy atom. The molecule has 2 aromatic carbocycles. The van der Waals surface area contributed by atoms with Crippen molar-refractivity contribution in [2.24, 2.45) is 0 Å². The molecule has 3 rings (SSSR count). The van der Waals surface area contributed by atoms with Crippen molar-refractivity contribution >= 4 is 16.8 Å². The van der Waals surface area contributed by atoms with E-state index >= 15 is 0 Å². The Kier molecular flexibility index (Phi) is 5.94. The van der Waals surface area contributed by atoms with E-state index in [1.807, 2.05) is 18.2 Å². The molecular formula is C21H23F2N3O2. The molecule has 1 aromatic heterocycles. The number of H-pyrrole nitrogens is 1. The standard InChI is InChI=1S/C21H23F2N3O2/c1-26(2)19(21-16(22)5-4-6-17(21)23)12-25-20(27)9-13-11-24-18-8-7-14(28-3)10-15(13)18/h4-8,10-11,19,24H,9,12H2,1-3H3,(H,25,27). The summed E-state index contributed by atoms with van der Waals surface area (Å²) in [6.45, 7) is 0.0926. The van der Waals surface area contributed by atoms with E-state index in [2.05, 4.69) is 10.3 Å². The molecule has 3 aromatic rings. The minimum atomic E-state index is -0.628. The van der Waals surface area contributed by atoms with Gasteiger partial charge in [0.05, 0.1) is 19.6 Å². The first-order chi connectivity index (χ1) is 13.4. The number of benzene rings is 2. The number of nitrogens with zero attached hydrogens (tertiary/aromatic N) is 1. The number of likely N-dealkylation sites (N-methyl/N-ethyl adjacent to an activating group) is 1. The van der Waals surface area contributed by atoms with Crippen LogP contribution in [0.1, 0.15) is 17.2 Å². The van der Waals surface area contributed by atoms with Crippen molar-refractivity contribution in [3.8, 4) is 5.75 Å². The van der Waals surface area contributed by atoms with Crippen LogP contribution in [0.5, 0.6) is 5.75 Å². The molecule has 28 heavy (non-hydrogen) atoms. The number of fused-ring (bicyclic) bond motifs is 1. The van der Waals surface area contributed by atoms with Crippen molar-refractivity contribution in [1.82, 2.24) is 15.2 Å². The summed E-state index contributed by atoms with van der Waals surface area (Å²) in [4.78, 5) is 17.3. The molecule has 0 saturated carbocycles. The molecule has 0 aliphatic carbocycles. The van der Waals surface area contributed by atoms with Crippen molar-refractivity contribution in [3.63, 3.8) is 0 Å². The molecule has 1 unspecified atom stereocenters. The molecule has 0 bridgehead atoms. The lowest BCUT2D eigenvalue weighted by atomic mass is 10.0. The second kappa shape index (κ2) is 8.39. The molecule has 0 aliphatic rings. The molecule has 2 N–H and O–H groups in total. The fourth-order valence-electron chi connectivity index (χ4n) is 3.25. The number of hydrogen-bond donors (Lipinski definition) is 2. The van der Waals surface area contributed by atoms with Gasteiger partial charge in [0, 0.05) is 29.2 Å². The van der Waals surface area contributed by atoms with Crippen molar-refractivity contribution in [2.45, 2.75) is 12.5 Å². The van der Waals surface area contributed by atoms with Gasteiger partial charge in [-0.1, -0.05) is 6.07 Å². The Hall–Kier alpha value is -2.93. The monoisotopic (exact) mass is 387 g/mol. The number of nitrogens with one attached hydrogen (secondary N) is 2. The average Bonchev–Trinajstić information content (AvgIpc) is 3.05. The lowest BCUT2D eigenvalue weighted by molar-refractivity contribution is -0.120. The van der Waals surface area contributed by atoms with E-state index in [9.17, 15) is 13.6 Å². The van der Waals surface area contributed by atoms with Gasteiger partial charge in [-0.15, -0.1) is 0 Å². The Morgan fingerprint density at radius 2 is 1.93 bits per heavy atom. The molecule has 148 valence electrons. The van der Waals surface area contributed by atoms with Crippen LogP contribution in [0.4, 0.5) is 8.78 Å². The third kappa shape index (κ3) is 4.14. The van der Waals surface area contributed by atoms with Crippen molar-refractivity contribution in [1.29, 1.82) is 0 Å². The van der Waals surface area contributed by atoms with Crippen LogP contribution in [-0.4, -0.2) is 43.5 Å². The molecular weight excluding hydrogens is 364 g/mol. The topological polar surface area (TPSA) is 57.4 Å². The van der Waals surface area contributed by atoms with Crippen LogP contribution in [0.15, 0.2) is 42.6 Å². The predicted octanol–water partition coefficient (Wildman–Crippen LogP) is 3.42. The van der Waals surface area contributed by atoms with Gasteiger partial charge in [0.1, 0.15) is 17.4 Å². The molecule has 1 heterocycles. The number of halogens is 2. The first-order valence-electron chi connectivity index (χ1n) is 8.91. The number of methoxy groups -OCH3 is 1. The number of aromatic amines is 1. The SMILES string of the molecule is COc1ccc2[nH]cc(CC(=O)NCC(c3c(F)cccc3F)N(C)C)c2c1. The lowest BCUT2D eigenvalue weighted by Gasteiger charge is -2.25. The van der Waals surface area contributed by atoms with Crippen molar-refractivity contribution in [3.05, 3.63) is 65.4 Å². The molecule has 0 fully saturated rings. The first-order valence-corrected chi connectivity index (χ1v) is 8.91. The summed E-state index contributed by atoms with van der Waals surface area (Å²) in [5.74, 6) is -0.780. The van der Waals surface area contributed by atoms with Crippen LogP contribution in [0.2, 0.25) is 0 Å². The minimum Gasteiger partial charge on any atom is -0.497 e. The maximum Gasteiger partial charge on any atom is 0.224 e. The summed E-state index contributed by atoms with van der Waals surface area (Å²) >= 11 is 0. The van der Waals surface area contributed by atoms with Crippen LogP contribution in [-0.2, 0) is 11.2 Å². The highest BCUT2D eigenvalue weighted by Gasteiger charge is 2.23. The highest BCUT2D eigenvalue weighted by molar-refractivity contribution is 5.89. The minimum absolute atomic E-state index is 0.0513. The highest BCUT2D eigenvalue weighted by atomic mass is 19.1. The molecule has 1 atom stereocenters. The van der Waals surface area contributed by atoms with E-state index in [1.54, 1.807) is 32.3 Å². The zero-order valence-corrected chi connectivity index (χ0v) is 16.1. The molecule has 1 amide bonds. The second-order valence-corrected chi connectivity index (χ2v) is 6.82. The lowest BCUT2D eigenvalue weighted by Crippen LogP contribution is -2.36. The number of amides is 1. The van der Waals surface area contributed by atoms with E-state index in [0.29, 0.717) is 5.75 Å². The van der Waals surface area contributed by atoms with Gasteiger partial charge in [0.2, 0.25) is 5.91 Å². The molecule has 0 aliphatic heterocycles. The number of rotatable bonds is 7. The molecule has 5 nitrogen and oxygen atoms in total. The molecule has 7 heteroatoms. The normalized spacial score (nSPS) is 12.4. The summed E-state index contributed by atoms with van der Waals surface area (Å²) in [7, 11) is 5.02. The number of carbonyl (C=O) groups excluding carboxylic acids is 1. The second-order valence-electron chi connectivity index (χ2n) is 6.82. The molecule has 0 saturated heterocycles. The van der Waals surface area contributed by atoms with E-state index in [4.69, 9.17) is 4.74 Å². The van der Waals surface area contributed by atoms with Gasteiger partial charge in [-0.3, -0.25) is 4.79 Å². The zero-order chi connectivity index (χ0) is 20.3. The van der Waals surface area contributed by atoms with Gasteiger partial charge in [-0.25, -0.2) is 8.78 Å². The Bertz CT molecular complexity index is 965. The van der Waals surface area contributed by atoms with Gasteiger partial charge >= 0.3 is 0 Å². The van der Waals surface area contributed by atoms with Gasteiger partial charge < -0.3 is 19.9 Å². The number of carbonyl (C=O) groups is 1. The summed E-state index contributed by atoms with van der Waals surface area (Å²) in [5.41, 5.74) is 1.68. The van der Waals surface area contributed by atoms with E-state index in [0.717, 1.165) is 16.5 Å². The highest BCUT2D eigenvalue weighted by Crippen LogP contribution is 2.25. The number of ether oxygens (including phenoxy) is 1. The Balaban J connectivity index is 1.72. The van der Waals surface area contributed by atoms with Gasteiger partial charge in [-0.05, 0) is 50.0 Å². The smallest absolute Gasteiger partial charge is 0.224 e. The van der Waals surface area contributed by atoms with Crippen LogP contribution in [0.3, 0.4) is 0 Å². The number of hydrogen-bond acceptors (Lipinski definition) is 3. The van der Waals surface area contributed by atoms with Gasteiger partial charge in [0.15, 0.2) is 0 Å². The van der Waals surface area contributed by atoms with Crippen LogP contribution in [0.25, 0.3) is 10.9 Å². The summed E-state index contributed by atoms with van der Waals surface area (Å²) in [5, 5.41) is 3.69. The zero-order valence-electron chi connectivity index (χ0n) is 16.1. The van der Waals surface area contributed by atoms with Crippen LogP contribution >= 0.6 is 0 Å². The Morgan fingerprint density at radius 1 is 1.21 bits per heavy atom. The van der Waals surface area contributed by atoms with Crippen molar-refractivity contribution < 1.29 is 18.3 Å². The van der Waals surface area contributed by atoms with Crippen molar-refractivity contribution in [2.75, 3.05) is 27.7 Å². The van der Waals surface area contributed by atoms with Crippen LogP contribution < -0.4 is 10.1 Å². The fraction of sp³-hybridized carbons (Fsp3) is 0.286.